The average molecular weight is 426 g/mol. The first-order valence-corrected chi connectivity index (χ1v) is 10.1. The highest BCUT2D eigenvalue weighted by Crippen LogP contribution is 2.39. The highest BCUT2D eigenvalue weighted by molar-refractivity contribution is 6.56. The maximum absolute atomic E-state index is 14.4. The van der Waals surface area contributed by atoms with E-state index in [4.69, 9.17) is 19.8 Å². The molecule has 1 fully saturated rings. The summed E-state index contributed by atoms with van der Waals surface area (Å²) in [6.07, 6.45) is 0.956. The summed E-state index contributed by atoms with van der Waals surface area (Å²) in [6.45, 7) is 7.86. The van der Waals surface area contributed by atoms with Gasteiger partial charge in [0.15, 0.2) is 0 Å². The van der Waals surface area contributed by atoms with Crippen LogP contribution in [0.4, 0.5) is 14.9 Å². The second-order valence-corrected chi connectivity index (χ2v) is 8.47. The summed E-state index contributed by atoms with van der Waals surface area (Å²) in [7, 11) is -0.779. The lowest BCUT2D eigenvalue weighted by molar-refractivity contribution is 0.00578. The molecule has 0 aliphatic carbocycles. The number of benzene rings is 2. The lowest BCUT2D eigenvalue weighted by atomic mass is 9.76. The Morgan fingerprint density at radius 3 is 2.35 bits per heavy atom. The fraction of sp³-hybridized carbons (Fsp3) is 0.348. The quantitative estimate of drug-likeness (QED) is 0.530. The van der Waals surface area contributed by atoms with E-state index in [9.17, 15) is 9.18 Å². The molecule has 0 spiro atoms. The molecule has 1 aliphatic heterocycles. The summed E-state index contributed by atoms with van der Waals surface area (Å²) < 4.78 is 31.8. The van der Waals surface area contributed by atoms with Gasteiger partial charge in [-0.15, -0.1) is 0 Å². The first kappa shape index (κ1) is 22.8. The summed E-state index contributed by atoms with van der Waals surface area (Å²) in [6, 6.07) is 13.8. The van der Waals surface area contributed by atoms with E-state index in [0.717, 1.165) is 5.56 Å². The van der Waals surface area contributed by atoms with Crippen molar-refractivity contribution in [3.8, 4) is 0 Å². The van der Waals surface area contributed by atoms with Crippen LogP contribution in [0, 0.1) is 5.82 Å². The fourth-order valence-corrected chi connectivity index (χ4v) is 3.04. The molecule has 1 aliphatic rings. The van der Waals surface area contributed by atoms with E-state index in [0.29, 0.717) is 5.47 Å². The Morgan fingerprint density at radius 2 is 1.74 bits per heavy atom. The van der Waals surface area contributed by atoms with Crippen molar-refractivity contribution < 1.29 is 23.2 Å². The van der Waals surface area contributed by atoms with Crippen LogP contribution in [-0.2, 0) is 20.7 Å². The molecule has 31 heavy (non-hydrogen) atoms. The van der Waals surface area contributed by atoms with Crippen LogP contribution in [0.1, 0.15) is 38.8 Å². The standard InChI is InChI=1S/C23H28BFN2O4/c1-22(2)23(3,4)31-24(30-22)17(13-18-19(25)11-8-12-20(18)26)14-27-21(28)29-15-16-9-6-5-7-10-16/h5-13H,14-15,26H2,1-4H3,(H,27,28). The van der Waals surface area contributed by atoms with Gasteiger partial charge in [-0.25, -0.2) is 9.18 Å². The largest absolute Gasteiger partial charge is 0.492 e. The van der Waals surface area contributed by atoms with E-state index in [1.54, 1.807) is 12.1 Å². The predicted octanol–water partition coefficient (Wildman–Crippen LogP) is 4.35. The number of halogens is 1. The lowest BCUT2D eigenvalue weighted by Gasteiger charge is -2.32. The number of nitrogens with two attached hydrogens (primary N) is 1. The van der Waals surface area contributed by atoms with Crippen LogP contribution >= 0.6 is 0 Å². The van der Waals surface area contributed by atoms with Crippen molar-refractivity contribution in [2.45, 2.75) is 45.5 Å². The lowest BCUT2D eigenvalue weighted by Crippen LogP contribution is -2.41. The third-order valence-corrected chi connectivity index (χ3v) is 5.62. The van der Waals surface area contributed by atoms with E-state index in [-0.39, 0.29) is 24.4 Å². The van der Waals surface area contributed by atoms with Crippen molar-refractivity contribution in [2.24, 2.45) is 0 Å². The van der Waals surface area contributed by atoms with Crippen LogP contribution in [0.5, 0.6) is 0 Å². The molecule has 0 unspecified atom stereocenters. The maximum Gasteiger partial charge on any atom is 0.492 e. The number of carbonyl (C=O) groups is 1. The van der Waals surface area contributed by atoms with Crippen molar-refractivity contribution >= 4 is 25.0 Å². The minimum Gasteiger partial charge on any atom is -0.445 e. The molecule has 6 nitrogen and oxygen atoms in total. The highest BCUT2D eigenvalue weighted by atomic mass is 19.1. The van der Waals surface area contributed by atoms with Crippen molar-refractivity contribution in [3.05, 3.63) is 70.9 Å². The number of rotatable bonds is 6. The number of nitrogens with one attached hydrogen (secondary N) is 1. The molecule has 0 bridgehead atoms. The zero-order chi connectivity index (χ0) is 22.6. The molecule has 164 valence electrons. The van der Waals surface area contributed by atoms with Gasteiger partial charge in [-0.1, -0.05) is 42.5 Å². The molecular weight excluding hydrogens is 398 g/mol. The molecule has 8 heteroatoms. The first-order chi connectivity index (χ1) is 14.6. The molecule has 1 amide bonds. The summed E-state index contributed by atoms with van der Waals surface area (Å²) in [5.41, 5.74) is 6.67. The molecule has 2 aromatic rings. The van der Waals surface area contributed by atoms with Crippen LogP contribution in [0.3, 0.4) is 0 Å². The minimum absolute atomic E-state index is 0.0399. The Hall–Kier alpha value is -2.84. The average Bonchev–Trinajstić information content (AvgIpc) is 2.93. The van der Waals surface area contributed by atoms with E-state index >= 15 is 0 Å². The molecule has 2 aromatic carbocycles. The highest BCUT2D eigenvalue weighted by Gasteiger charge is 2.52. The second-order valence-electron chi connectivity index (χ2n) is 8.47. The van der Waals surface area contributed by atoms with Gasteiger partial charge in [0.05, 0.1) is 11.2 Å². The molecule has 3 N–H and O–H groups in total. The normalized spacial score (nSPS) is 17.5. The third-order valence-electron chi connectivity index (χ3n) is 5.62. The number of alkyl carbamates (subject to hydrolysis) is 1. The van der Waals surface area contributed by atoms with Gasteiger partial charge in [0.2, 0.25) is 0 Å². The molecule has 0 aromatic heterocycles. The Balaban J connectivity index is 1.77. The topological polar surface area (TPSA) is 82.8 Å². The van der Waals surface area contributed by atoms with Crippen LogP contribution in [0.25, 0.3) is 6.08 Å². The van der Waals surface area contributed by atoms with E-state index < -0.39 is 30.2 Å². The number of ether oxygens (including phenoxy) is 1. The SMILES string of the molecule is CC1(C)OB(C(=Cc2c(N)cccc2F)CNC(=O)OCc2ccccc2)OC1(C)C. The number of amides is 1. The second kappa shape index (κ2) is 9.12. The summed E-state index contributed by atoms with van der Waals surface area (Å²) in [4.78, 5) is 12.2. The van der Waals surface area contributed by atoms with E-state index in [1.165, 1.54) is 12.1 Å². The van der Waals surface area contributed by atoms with Crippen LogP contribution in [0.2, 0.25) is 0 Å². The Labute approximate surface area is 182 Å². The Bertz CT molecular complexity index is 927. The van der Waals surface area contributed by atoms with Crippen LogP contribution in [0.15, 0.2) is 54.0 Å². The van der Waals surface area contributed by atoms with Gasteiger partial charge in [0.1, 0.15) is 12.4 Å². The number of anilines is 1. The molecule has 1 saturated heterocycles. The summed E-state index contributed by atoms with van der Waals surface area (Å²) in [5, 5.41) is 2.69. The van der Waals surface area contributed by atoms with Crippen LogP contribution in [-0.4, -0.2) is 31.0 Å². The summed E-state index contributed by atoms with van der Waals surface area (Å²) >= 11 is 0. The molecule has 3 rings (SSSR count). The van der Waals surface area contributed by atoms with Crippen molar-refractivity contribution in [2.75, 3.05) is 12.3 Å². The minimum atomic E-state index is -0.779. The van der Waals surface area contributed by atoms with Crippen LogP contribution < -0.4 is 11.1 Å². The van der Waals surface area contributed by atoms with Gasteiger partial charge in [0, 0.05) is 17.8 Å². The predicted molar refractivity (Wildman–Crippen MR) is 120 cm³/mol. The Kier molecular flexibility index (Phi) is 6.72. The van der Waals surface area contributed by atoms with E-state index in [2.05, 4.69) is 5.32 Å². The molecule has 0 atom stereocenters. The maximum atomic E-state index is 14.4. The summed E-state index contributed by atoms with van der Waals surface area (Å²) in [5.74, 6) is -0.472. The van der Waals surface area contributed by atoms with Gasteiger partial charge in [-0.3, -0.25) is 0 Å². The van der Waals surface area contributed by atoms with Gasteiger partial charge in [-0.2, -0.15) is 0 Å². The molecule has 0 radical (unpaired) electrons. The van der Waals surface area contributed by atoms with Crippen molar-refractivity contribution in [1.82, 2.24) is 5.32 Å². The number of hydrogen-bond acceptors (Lipinski definition) is 5. The zero-order valence-corrected chi connectivity index (χ0v) is 18.3. The molecular formula is C23H28BFN2O4. The first-order valence-electron chi connectivity index (χ1n) is 10.1. The smallest absolute Gasteiger partial charge is 0.445 e. The number of hydrogen-bond donors (Lipinski definition) is 2. The fourth-order valence-electron chi connectivity index (χ4n) is 3.04. The number of carbonyl (C=O) groups excluding carboxylic acids is 1. The van der Waals surface area contributed by atoms with Gasteiger partial charge in [-0.05, 0) is 50.9 Å². The zero-order valence-electron chi connectivity index (χ0n) is 18.3. The van der Waals surface area contributed by atoms with Gasteiger partial charge in [0.25, 0.3) is 0 Å². The van der Waals surface area contributed by atoms with Gasteiger partial charge >= 0.3 is 13.2 Å². The van der Waals surface area contributed by atoms with E-state index in [1.807, 2.05) is 58.0 Å². The Morgan fingerprint density at radius 1 is 1.10 bits per heavy atom. The van der Waals surface area contributed by atoms with Crippen molar-refractivity contribution in [1.29, 1.82) is 0 Å². The third kappa shape index (κ3) is 5.45. The molecule has 1 heterocycles. The van der Waals surface area contributed by atoms with Crippen molar-refractivity contribution in [3.63, 3.8) is 0 Å². The monoisotopic (exact) mass is 426 g/mol. The van der Waals surface area contributed by atoms with Gasteiger partial charge < -0.3 is 25.1 Å². The molecule has 0 saturated carbocycles. The number of nitrogen functional groups attached to an aromatic ring is 1.